The summed E-state index contributed by atoms with van der Waals surface area (Å²) in [5.74, 6) is -1.49. The van der Waals surface area contributed by atoms with Gasteiger partial charge in [-0.05, 0) is 19.4 Å². The Morgan fingerprint density at radius 1 is 1.39 bits per heavy atom. The molecule has 0 aliphatic carbocycles. The minimum Gasteiger partial charge on any atom is -0.479 e. The van der Waals surface area contributed by atoms with Crippen molar-refractivity contribution in [2.24, 2.45) is 0 Å². The molecule has 1 aromatic rings. The van der Waals surface area contributed by atoms with E-state index in [-0.39, 0.29) is 12.9 Å². The van der Waals surface area contributed by atoms with Crippen molar-refractivity contribution in [2.45, 2.75) is 42.0 Å². The van der Waals surface area contributed by atoms with Gasteiger partial charge < -0.3 is 14.7 Å². The normalized spacial score (nSPS) is 31.2. The standard InChI is InChI=1S/C16H17NO5S/c1-15(2)16(14(20)21,8-10-6-4-3-5-7-10)17-12(19)11(22-9-18)13(17)23-15/h3-7,9,11,13H,8H2,1-2H3,(H,20,21)/t11-,13-,16+/m1/s1. The number of amides is 1. The van der Waals surface area contributed by atoms with Crippen molar-refractivity contribution in [3.63, 3.8) is 0 Å². The van der Waals surface area contributed by atoms with Crippen molar-refractivity contribution in [3.8, 4) is 0 Å². The molecule has 1 aromatic carbocycles. The summed E-state index contributed by atoms with van der Waals surface area (Å²) < 4.78 is 4.11. The second kappa shape index (κ2) is 5.26. The van der Waals surface area contributed by atoms with Crippen LogP contribution in [0.3, 0.4) is 0 Å². The van der Waals surface area contributed by atoms with E-state index in [1.807, 2.05) is 44.2 Å². The molecule has 0 spiro atoms. The van der Waals surface area contributed by atoms with E-state index in [9.17, 15) is 19.5 Å². The number of thioether (sulfide) groups is 1. The van der Waals surface area contributed by atoms with Crippen molar-refractivity contribution >= 4 is 30.1 Å². The number of aliphatic carboxylic acids is 1. The van der Waals surface area contributed by atoms with Gasteiger partial charge >= 0.3 is 5.97 Å². The number of nitrogens with zero attached hydrogens (tertiary/aromatic N) is 1. The van der Waals surface area contributed by atoms with E-state index in [0.717, 1.165) is 5.56 Å². The smallest absolute Gasteiger partial charge is 0.331 e. The molecule has 122 valence electrons. The SMILES string of the molecule is CC1(C)S[C@@H]2[C@H](OC=O)C(=O)N2[C@@]1(Cc1ccccc1)C(=O)O. The third-order valence-corrected chi connectivity index (χ3v) is 6.30. The molecule has 2 heterocycles. The minimum atomic E-state index is -1.37. The predicted molar refractivity (Wildman–Crippen MR) is 83.8 cm³/mol. The van der Waals surface area contributed by atoms with Crippen molar-refractivity contribution in [1.82, 2.24) is 4.90 Å². The maximum Gasteiger partial charge on any atom is 0.331 e. The third-order valence-electron chi connectivity index (χ3n) is 4.68. The fourth-order valence-corrected chi connectivity index (χ4v) is 5.21. The van der Waals surface area contributed by atoms with Gasteiger partial charge in [-0.1, -0.05) is 30.3 Å². The van der Waals surface area contributed by atoms with Crippen LogP contribution >= 0.6 is 11.8 Å². The Balaban J connectivity index is 2.03. The lowest BCUT2D eigenvalue weighted by molar-refractivity contribution is -0.185. The number of carbonyl (C=O) groups is 3. The Bertz CT molecular complexity index is 662. The molecule has 2 saturated heterocycles. The second-order valence-corrected chi connectivity index (χ2v) is 7.95. The largest absolute Gasteiger partial charge is 0.479 e. The number of carboxylic acids is 1. The molecule has 2 fully saturated rings. The van der Waals surface area contributed by atoms with E-state index in [1.165, 1.54) is 16.7 Å². The van der Waals surface area contributed by atoms with Gasteiger partial charge in [0.15, 0.2) is 5.54 Å². The van der Waals surface area contributed by atoms with Crippen LogP contribution in [0.1, 0.15) is 19.4 Å². The number of ether oxygens (including phenoxy) is 1. The molecule has 0 saturated carbocycles. The summed E-state index contributed by atoms with van der Waals surface area (Å²) in [6, 6.07) is 9.24. The zero-order valence-corrected chi connectivity index (χ0v) is 13.6. The monoisotopic (exact) mass is 335 g/mol. The van der Waals surface area contributed by atoms with Crippen molar-refractivity contribution in [1.29, 1.82) is 0 Å². The van der Waals surface area contributed by atoms with E-state index in [1.54, 1.807) is 0 Å². The quantitative estimate of drug-likeness (QED) is 0.645. The second-order valence-electron chi connectivity index (χ2n) is 6.21. The molecule has 7 heteroatoms. The predicted octanol–water partition coefficient (Wildman–Crippen LogP) is 1.29. The number of fused-ring (bicyclic) bond motifs is 1. The van der Waals surface area contributed by atoms with Gasteiger partial charge in [0.05, 0.1) is 0 Å². The average molecular weight is 335 g/mol. The number of hydrogen-bond acceptors (Lipinski definition) is 5. The van der Waals surface area contributed by atoms with Gasteiger partial charge in [-0.25, -0.2) is 4.79 Å². The van der Waals surface area contributed by atoms with Gasteiger partial charge in [0.25, 0.3) is 12.4 Å². The maximum absolute atomic E-state index is 12.4. The van der Waals surface area contributed by atoms with Crippen LogP contribution in [0.2, 0.25) is 0 Å². The summed E-state index contributed by atoms with van der Waals surface area (Å²) >= 11 is 1.36. The van der Waals surface area contributed by atoms with Crippen LogP contribution in [0.15, 0.2) is 30.3 Å². The Labute approximate surface area is 137 Å². The lowest BCUT2D eigenvalue weighted by Crippen LogP contribution is -2.73. The highest BCUT2D eigenvalue weighted by Crippen LogP contribution is 2.58. The fraction of sp³-hybridized carbons (Fsp3) is 0.438. The van der Waals surface area contributed by atoms with Crippen molar-refractivity contribution in [3.05, 3.63) is 35.9 Å². The summed E-state index contributed by atoms with van der Waals surface area (Å²) in [5.41, 5.74) is -0.527. The molecule has 3 rings (SSSR count). The lowest BCUT2D eigenvalue weighted by atomic mass is 9.76. The number of carboxylic acid groups (broad SMARTS) is 1. The van der Waals surface area contributed by atoms with E-state index >= 15 is 0 Å². The highest BCUT2D eigenvalue weighted by molar-refractivity contribution is 8.01. The number of hydrogen-bond donors (Lipinski definition) is 1. The summed E-state index contributed by atoms with van der Waals surface area (Å²) in [6.07, 6.45) is -0.687. The van der Waals surface area contributed by atoms with Crippen LogP contribution in [0, 0.1) is 0 Å². The number of carbonyl (C=O) groups excluding carboxylic acids is 2. The number of benzene rings is 1. The van der Waals surface area contributed by atoms with Crippen LogP contribution in [0.5, 0.6) is 0 Å². The van der Waals surface area contributed by atoms with Gasteiger partial charge in [0.1, 0.15) is 5.37 Å². The molecule has 2 aliphatic heterocycles. The Morgan fingerprint density at radius 2 is 2.04 bits per heavy atom. The number of rotatable bonds is 5. The van der Waals surface area contributed by atoms with Gasteiger partial charge in [-0.3, -0.25) is 9.59 Å². The molecule has 1 amide bonds. The van der Waals surface area contributed by atoms with Crippen LogP contribution in [-0.4, -0.2) is 50.1 Å². The summed E-state index contributed by atoms with van der Waals surface area (Å²) in [4.78, 5) is 36.6. The molecule has 1 N–H and O–H groups in total. The minimum absolute atomic E-state index is 0.208. The molecule has 0 bridgehead atoms. The molecule has 0 unspecified atom stereocenters. The first kappa shape index (κ1) is 15.9. The topological polar surface area (TPSA) is 83.9 Å². The van der Waals surface area contributed by atoms with Gasteiger partial charge in [0, 0.05) is 11.2 Å². The number of β-lactam (4-membered cyclic amide) rings is 1. The Hall–Kier alpha value is -2.02. The maximum atomic E-state index is 12.4. The zero-order chi connectivity index (χ0) is 16.8. The first-order valence-corrected chi connectivity index (χ1v) is 8.10. The third kappa shape index (κ3) is 2.06. The van der Waals surface area contributed by atoms with Gasteiger partial charge in [-0.15, -0.1) is 11.8 Å². The van der Waals surface area contributed by atoms with Crippen molar-refractivity contribution in [2.75, 3.05) is 0 Å². The van der Waals surface area contributed by atoms with Crippen LogP contribution in [-0.2, 0) is 25.5 Å². The van der Waals surface area contributed by atoms with Crippen molar-refractivity contribution < 1.29 is 24.2 Å². The Morgan fingerprint density at radius 3 is 2.61 bits per heavy atom. The molecular weight excluding hydrogens is 318 g/mol. The highest BCUT2D eigenvalue weighted by atomic mass is 32.2. The summed E-state index contributed by atoms with van der Waals surface area (Å²) in [5, 5.41) is 9.54. The molecule has 0 radical (unpaired) electrons. The van der Waals surface area contributed by atoms with E-state index < -0.39 is 33.6 Å². The summed E-state index contributed by atoms with van der Waals surface area (Å²) in [6.45, 7) is 3.88. The highest BCUT2D eigenvalue weighted by Gasteiger charge is 2.73. The van der Waals surface area contributed by atoms with Gasteiger partial charge in [-0.2, -0.15) is 0 Å². The van der Waals surface area contributed by atoms with Crippen LogP contribution in [0.4, 0.5) is 0 Å². The molecule has 3 atom stereocenters. The van der Waals surface area contributed by atoms with Gasteiger partial charge in [0.2, 0.25) is 6.10 Å². The van der Waals surface area contributed by atoms with E-state index in [0.29, 0.717) is 0 Å². The van der Waals surface area contributed by atoms with E-state index in [2.05, 4.69) is 0 Å². The fourth-order valence-electron chi connectivity index (χ4n) is 3.46. The lowest BCUT2D eigenvalue weighted by Gasteiger charge is -2.48. The molecule has 23 heavy (non-hydrogen) atoms. The van der Waals surface area contributed by atoms with Crippen LogP contribution < -0.4 is 0 Å². The molecule has 2 aliphatic rings. The first-order chi connectivity index (χ1) is 10.8. The zero-order valence-electron chi connectivity index (χ0n) is 12.8. The van der Waals surface area contributed by atoms with E-state index in [4.69, 9.17) is 4.74 Å². The molecule has 6 nitrogen and oxygen atoms in total. The molecular formula is C16H17NO5S. The molecule has 0 aromatic heterocycles. The average Bonchev–Trinajstić information content (AvgIpc) is 2.72. The Kier molecular flexibility index (Phi) is 3.63. The summed E-state index contributed by atoms with van der Waals surface area (Å²) in [7, 11) is 0. The first-order valence-electron chi connectivity index (χ1n) is 7.22. The van der Waals surface area contributed by atoms with Crippen LogP contribution in [0.25, 0.3) is 0 Å².